The van der Waals surface area contributed by atoms with Gasteiger partial charge in [-0.25, -0.2) is 4.79 Å². The van der Waals surface area contributed by atoms with Gasteiger partial charge < -0.3 is 23.7 Å². The molecule has 2 spiro atoms. The number of hydrogen-bond donors (Lipinski definition) is 0. The van der Waals surface area contributed by atoms with Gasteiger partial charge in [0.2, 0.25) is 0 Å². The summed E-state index contributed by atoms with van der Waals surface area (Å²) in [5, 5.41) is 0. The molecule has 5 aliphatic rings. The van der Waals surface area contributed by atoms with E-state index in [9.17, 15) is 4.79 Å². The van der Waals surface area contributed by atoms with Crippen molar-refractivity contribution in [2.24, 2.45) is 0 Å². The van der Waals surface area contributed by atoms with Crippen molar-refractivity contribution in [3.8, 4) is 0 Å². The summed E-state index contributed by atoms with van der Waals surface area (Å²) in [7, 11) is 0. The zero-order chi connectivity index (χ0) is 16.2. The molecule has 0 amide bonds. The van der Waals surface area contributed by atoms with Crippen LogP contribution in [0.15, 0.2) is 0 Å². The smallest absolute Gasteiger partial charge is 0.338 e. The van der Waals surface area contributed by atoms with Crippen LogP contribution in [0.5, 0.6) is 0 Å². The summed E-state index contributed by atoms with van der Waals surface area (Å²) in [6.07, 6.45) is 8.87. The topological polar surface area (TPSA) is 63.2 Å². The Morgan fingerprint density at radius 3 is 2.12 bits per heavy atom. The Labute approximate surface area is 142 Å². The minimum atomic E-state index is -0.598. The monoisotopic (exact) mass is 338 g/mol. The first-order valence-corrected chi connectivity index (χ1v) is 9.57. The van der Waals surface area contributed by atoms with E-state index in [0.29, 0.717) is 6.61 Å². The predicted molar refractivity (Wildman–Crippen MR) is 82.1 cm³/mol. The van der Waals surface area contributed by atoms with Crippen LogP contribution in [0, 0.1) is 0 Å². The Morgan fingerprint density at radius 2 is 1.42 bits per heavy atom. The van der Waals surface area contributed by atoms with Crippen molar-refractivity contribution in [3.05, 3.63) is 0 Å². The van der Waals surface area contributed by atoms with Gasteiger partial charge in [-0.1, -0.05) is 12.8 Å². The first-order chi connectivity index (χ1) is 11.7. The lowest BCUT2D eigenvalue weighted by molar-refractivity contribution is -0.230. The first kappa shape index (κ1) is 15.6. The standard InChI is InChI=1S/C18H26O6/c19-16-15-14(23-18(24-15)9-5-2-6-10-18)13(21-16)12-11-20-17(22-12)7-3-1-4-8-17/h12-15H,1-11H2/t12-,13+,14?,15-/m1/s1. The van der Waals surface area contributed by atoms with Gasteiger partial charge in [0, 0.05) is 25.7 Å². The zero-order valence-corrected chi connectivity index (χ0v) is 14.0. The maximum Gasteiger partial charge on any atom is 0.338 e. The van der Waals surface area contributed by atoms with Crippen molar-refractivity contribution in [2.45, 2.75) is 100 Å². The fourth-order valence-electron chi connectivity index (χ4n) is 5.03. The van der Waals surface area contributed by atoms with Crippen molar-refractivity contribution in [1.29, 1.82) is 0 Å². The van der Waals surface area contributed by atoms with Gasteiger partial charge in [-0.3, -0.25) is 0 Å². The highest BCUT2D eigenvalue weighted by Gasteiger charge is 2.62. The molecule has 134 valence electrons. The van der Waals surface area contributed by atoms with Crippen LogP contribution in [0.25, 0.3) is 0 Å². The summed E-state index contributed by atoms with van der Waals surface area (Å²) in [6.45, 7) is 0.470. The van der Waals surface area contributed by atoms with Crippen LogP contribution in [0.1, 0.15) is 64.2 Å². The van der Waals surface area contributed by atoms with Gasteiger partial charge in [0.25, 0.3) is 0 Å². The van der Waals surface area contributed by atoms with Gasteiger partial charge in [0.05, 0.1) is 6.61 Å². The lowest BCUT2D eigenvalue weighted by atomic mass is 9.94. The van der Waals surface area contributed by atoms with Crippen LogP contribution in [-0.4, -0.2) is 48.6 Å². The lowest BCUT2D eigenvalue weighted by Crippen LogP contribution is -2.43. The number of ether oxygens (including phenoxy) is 5. The van der Waals surface area contributed by atoms with Gasteiger partial charge in [-0.05, 0) is 25.7 Å². The molecular weight excluding hydrogens is 312 g/mol. The van der Waals surface area contributed by atoms with E-state index >= 15 is 0 Å². The molecule has 0 aromatic carbocycles. The highest BCUT2D eigenvalue weighted by Crippen LogP contribution is 2.47. The molecular formula is C18H26O6. The predicted octanol–water partition coefficient (Wildman–Crippen LogP) is 2.43. The molecule has 0 N–H and O–H groups in total. The molecule has 3 heterocycles. The van der Waals surface area contributed by atoms with Gasteiger partial charge in [-0.2, -0.15) is 0 Å². The Balaban J connectivity index is 1.31. The molecule has 0 aromatic rings. The summed E-state index contributed by atoms with van der Waals surface area (Å²) in [4.78, 5) is 12.3. The number of hydrogen-bond acceptors (Lipinski definition) is 6. The van der Waals surface area contributed by atoms with E-state index in [1.807, 2.05) is 0 Å². The summed E-state index contributed by atoms with van der Waals surface area (Å²) in [5.41, 5.74) is 0. The molecule has 0 radical (unpaired) electrons. The second kappa shape index (κ2) is 5.66. The first-order valence-electron chi connectivity index (χ1n) is 9.57. The second-order valence-electron chi connectivity index (χ2n) is 7.93. The summed E-state index contributed by atoms with van der Waals surface area (Å²) < 4.78 is 30.2. The average molecular weight is 338 g/mol. The highest BCUT2D eigenvalue weighted by atomic mass is 16.8. The van der Waals surface area contributed by atoms with Gasteiger partial charge in [-0.15, -0.1) is 0 Å². The molecule has 3 aliphatic heterocycles. The molecule has 2 aliphatic carbocycles. The summed E-state index contributed by atoms with van der Waals surface area (Å²) in [6, 6.07) is 0. The minimum absolute atomic E-state index is 0.246. The van der Waals surface area contributed by atoms with E-state index in [4.69, 9.17) is 23.7 Å². The van der Waals surface area contributed by atoms with Crippen molar-refractivity contribution in [2.75, 3.05) is 6.61 Å². The van der Waals surface area contributed by atoms with Crippen LogP contribution in [0.3, 0.4) is 0 Å². The van der Waals surface area contributed by atoms with Crippen molar-refractivity contribution >= 4 is 5.97 Å². The summed E-state index contributed by atoms with van der Waals surface area (Å²) >= 11 is 0. The van der Waals surface area contributed by atoms with E-state index in [2.05, 4.69) is 0 Å². The fraction of sp³-hybridized carbons (Fsp3) is 0.944. The van der Waals surface area contributed by atoms with Crippen LogP contribution in [-0.2, 0) is 28.5 Å². The molecule has 3 saturated heterocycles. The third-order valence-corrected chi connectivity index (χ3v) is 6.27. The normalized spacial score (nSPS) is 43.2. The molecule has 6 nitrogen and oxygen atoms in total. The van der Waals surface area contributed by atoms with Crippen LogP contribution >= 0.6 is 0 Å². The van der Waals surface area contributed by atoms with Crippen LogP contribution < -0.4 is 0 Å². The van der Waals surface area contributed by atoms with E-state index in [-0.39, 0.29) is 18.2 Å². The fourth-order valence-corrected chi connectivity index (χ4v) is 5.03. The number of rotatable bonds is 1. The lowest BCUT2D eigenvalue weighted by Gasteiger charge is -2.34. The van der Waals surface area contributed by atoms with E-state index < -0.39 is 23.8 Å². The molecule has 0 aromatic heterocycles. The van der Waals surface area contributed by atoms with Crippen LogP contribution in [0.2, 0.25) is 0 Å². The van der Waals surface area contributed by atoms with Gasteiger partial charge >= 0.3 is 5.97 Å². The highest BCUT2D eigenvalue weighted by molar-refractivity contribution is 5.78. The molecule has 2 saturated carbocycles. The number of cyclic esters (lactones) is 1. The van der Waals surface area contributed by atoms with Gasteiger partial charge in [0.15, 0.2) is 23.8 Å². The number of carbonyl (C=O) groups is 1. The maximum absolute atomic E-state index is 12.3. The molecule has 4 atom stereocenters. The zero-order valence-electron chi connectivity index (χ0n) is 14.0. The average Bonchev–Trinajstić information content (AvgIpc) is 3.24. The molecule has 5 fully saturated rings. The van der Waals surface area contributed by atoms with E-state index in [1.54, 1.807) is 0 Å². The van der Waals surface area contributed by atoms with Crippen molar-refractivity contribution in [1.82, 2.24) is 0 Å². The number of fused-ring (bicyclic) bond motifs is 1. The molecule has 6 heteroatoms. The number of carbonyl (C=O) groups excluding carboxylic acids is 1. The van der Waals surface area contributed by atoms with E-state index in [0.717, 1.165) is 51.4 Å². The maximum atomic E-state index is 12.3. The third kappa shape index (κ3) is 2.42. The Morgan fingerprint density at radius 1 is 0.750 bits per heavy atom. The largest absolute Gasteiger partial charge is 0.455 e. The summed E-state index contributed by atoms with van der Waals surface area (Å²) in [5.74, 6) is -1.34. The number of esters is 1. The SMILES string of the molecule is O=C1O[C@@H]([C@H]2COC3(CCCCC3)O2)C2OC3(CCCCC3)O[C@@H]12. The van der Waals surface area contributed by atoms with E-state index in [1.165, 1.54) is 12.8 Å². The Kier molecular flexibility index (Phi) is 3.67. The Bertz CT molecular complexity index is 508. The van der Waals surface area contributed by atoms with Crippen molar-refractivity contribution < 1.29 is 28.5 Å². The molecule has 5 rings (SSSR count). The quantitative estimate of drug-likeness (QED) is 0.684. The second-order valence-corrected chi connectivity index (χ2v) is 7.93. The van der Waals surface area contributed by atoms with Gasteiger partial charge in [0.1, 0.15) is 12.2 Å². The molecule has 0 bridgehead atoms. The van der Waals surface area contributed by atoms with Crippen molar-refractivity contribution in [3.63, 3.8) is 0 Å². The molecule has 24 heavy (non-hydrogen) atoms. The third-order valence-electron chi connectivity index (χ3n) is 6.27. The van der Waals surface area contributed by atoms with Crippen LogP contribution in [0.4, 0.5) is 0 Å². The molecule has 1 unspecified atom stereocenters. The minimum Gasteiger partial charge on any atom is -0.455 e. The Hall–Kier alpha value is -0.690.